The zero-order valence-corrected chi connectivity index (χ0v) is 9.94. The lowest BCUT2D eigenvalue weighted by atomic mass is 10.2. The molecule has 0 aliphatic rings. The second-order valence-electron chi connectivity index (χ2n) is 3.78. The van der Waals surface area contributed by atoms with Gasteiger partial charge in [-0.1, -0.05) is 12.1 Å². The molecule has 0 bridgehead atoms. The molecule has 1 aromatic rings. The number of hydrogen-bond donors (Lipinski definition) is 3. The summed E-state index contributed by atoms with van der Waals surface area (Å²) in [6.45, 7) is 0.986. The van der Waals surface area contributed by atoms with Crippen molar-refractivity contribution in [3.05, 3.63) is 35.6 Å². The first kappa shape index (κ1) is 14.1. The maximum Gasteiger partial charge on any atom is 0.245 e. The third kappa shape index (κ3) is 4.50. The molecule has 0 aromatic heterocycles. The Morgan fingerprint density at radius 2 is 1.94 bits per heavy atom. The molecule has 5 nitrogen and oxygen atoms in total. The minimum Gasteiger partial charge on any atom is -0.394 e. The third-order valence-corrected chi connectivity index (χ3v) is 2.26. The first-order valence-corrected chi connectivity index (χ1v) is 5.43. The maximum atomic E-state index is 12.6. The Morgan fingerprint density at radius 1 is 1.33 bits per heavy atom. The number of amides is 2. The molecule has 18 heavy (non-hydrogen) atoms. The number of aliphatic hydroxyl groups excluding tert-OH is 1. The summed E-state index contributed by atoms with van der Waals surface area (Å²) in [6, 6.07) is 4.70. The van der Waals surface area contributed by atoms with Crippen LogP contribution in [0.3, 0.4) is 0 Å². The highest BCUT2D eigenvalue weighted by Gasteiger charge is 2.17. The summed E-state index contributed by atoms with van der Waals surface area (Å²) in [4.78, 5) is 22.4. The van der Waals surface area contributed by atoms with Crippen LogP contribution in [0, 0.1) is 5.82 Å². The van der Waals surface area contributed by atoms with Crippen LogP contribution in [0.2, 0.25) is 0 Å². The molecule has 1 aromatic carbocycles. The Kier molecular flexibility index (Phi) is 5.26. The molecule has 0 heterocycles. The van der Waals surface area contributed by atoms with Gasteiger partial charge in [-0.15, -0.1) is 0 Å². The van der Waals surface area contributed by atoms with E-state index >= 15 is 0 Å². The number of carbonyl (C=O) groups is 2. The predicted octanol–water partition coefficient (Wildman–Crippen LogP) is -0.0611. The number of carbonyl (C=O) groups excluding carboxylic acids is 2. The van der Waals surface area contributed by atoms with E-state index in [1.54, 1.807) is 12.1 Å². The van der Waals surface area contributed by atoms with Crippen molar-refractivity contribution in [1.29, 1.82) is 0 Å². The number of rotatable bonds is 5. The first-order valence-electron chi connectivity index (χ1n) is 5.43. The minimum atomic E-state index is -0.969. The molecule has 1 atom stereocenters. The van der Waals surface area contributed by atoms with Crippen molar-refractivity contribution < 1.29 is 19.1 Å². The Bertz CT molecular complexity index is 420. The zero-order chi connectivity index (χ0) is 13.5. The van der Waals surface area contributed by atoms with E-state index in [2.05, 4.69) is 10.6 Å². The molecule has 0 saturated carbocycles. The molecule has 3 N–H and O–H groups in total. The molecule has 0 fully saturated rings. The molecule has 6 heteroatoms. The van der Waals surface area contributed by atoms with Gasteiger partial charge < -0.3 is 15.7 Å². The lowest BCUT2D eigenvalue weighted by Crippen LogP contribution is -2.48. The summed E-state index contributed by atoms with van der Waals surface area (Å²) < 4.78 is 12.6. The molecule has 0 aliphatic carbocycles. The Hall–Kier alpha value is -1.95. The predicted molar refractivity (Wildman–Crippen MR) is 62.9 cm³/mol. The van der Waals surface area contributed by atoms with Crippen molar-refractivity contribution in [2.75, 3.05) is 6.61 Å². The highest BCUT2D eigenvalue weighted by Crippen LogP contribution is 2.02. The minimum absolute atomic E-state index is 0.204. The molecule has 0 spiro atoms. The van der Waals surface area contributed by atoms with Gasteiger partial charge in [0.25, 0.3) is 0 Å². The van der Waals surface area contributed by atoms with Crippen molar-refractivity contribution in [3.8, 4) is 0 Å². The lowest BCUT2D eigenvalue weighted by molar-refractivity contribution is -0.129. The Labute approximate surface area is 104 Å². The first-order chi connectivity index (χ1) is 8.52. The number of hydrogen-bond acceptors (Lipinski definition) is 3. The fourth-order valence-electron chi connectivity index (χ4n) is 1.35. The molecular formula is C12H15FN2O3. The average Bonchev–Trinajstić information content (AvgIpc) is 2.34. The molecule has 0 radical (unpaired) electrons. The van der Waals surface area contributed by atoms with E-state index in [0.29, 0.717) is 0 Å². The fourth-order valence-corrected chi connectivity index (χ4v) is 1.35. The van der Waals surface area contributed by atoms with E-state index in [0.717, 1.165) is 5.56 Å². The van der Waals surface area contributed by atoms with E-state index in [-0.39, 0.29) is 12.4 Å². The van der Waals surface area contributed by atoms with Gasteiger partial charge in [0.2, 0.25) is 11.8 Å². The summed E-state index contributed by atoms with van der Waals surface area (Å²) in [7, 11) is 0. The van der Waals surface area contributed by atoms with Crippen molar-refractivity contribution in [2.24, 2.45) is 0 Å². The van der Waals surface area contributed by atoms with Gasteiger partial charge in [0, 0.05) is 13.5 Å². The average molecular weight is 254 g/mol. The second-order valence-corrected chi connectivity index (χ2v) is 3.78. The van der Waals surface area contributed by atoms with Crippen LogP contribution < -0.4 is 10.6 Å². The fraction of sp³-hybridized carbons (Fsp3) is 0.333. The van der Waals surface area contributed by atoms with Crippen LogP contribution in [0.4, 0.5) is 4.39 Å². The number of aliphatic hydroxyl groups is 1. The summed E-state index contributed by atoms with van der Waals surface area (Å²) in [6.07, 6.45) is 0. The molecule has 0 saturated heterocycles. The van der Waals surface area contributed by atoms with Gasteiger partial charge in [0.05, 0.1) is 6.61 Å². The van der Waals surface area contributed by atoms with Gasteiger partial charge in [-0.25, -0.2) is 4.39 Å². The largest absolute Gasteiger partial charge is 0.394 e. The Balaban J connectivity index is 2.49. The molecule has 1 rings (SSSR count). The molecule has 0 aliphatic heterocycles. The van der Waals surface area contributed by atoms with Gasteiger partial charge in [-0.05, 0) is 17.7 Å². The smallest absolute Gasteiger partial charge is 0.245 e. The van der Waals surface area contributed by atoms with Gasteiger partial charge in [0.15, 0.2) is 0 Å². The van der Waals surface area contributed by atoms with Crippen LogP contribution in [-0.2, 0) is 16.1 Å². The summed E-state index contributed by atoms with van der Waals surface area (Å²) in [5, 5.41) is 13.8. The normalized spacial score (nSPS) is 11.7. The zero-order valence-electron chi connectivity index (χ0n) is 9.94. The van der Waals surface area contributed by atoms with Crippen LogP contribution in [-0.4, -0.2) is 29.6 Å². The maximum absolute atomic E-state index is 12.6. The van der Waals surface area contributed by atoms with Crippen LogP contribution in [0.5, 0.6) is 0 Å². The van der Waals surface area contributed by atoms with Gasteiger partial charge in [0.1, 0.15) is 11.9 Å². The number of benzene rings is 1. The summed E-state index contributed by atoms with van der Waals surface area (Å²) in [5.41, 5.74) is 0.726. The quantitative estimate of drug-likeness (QED) is 0.688. The van der Waals surface area contributed by atoms with Crippen molar-refractivity contribution in [2.45, 2.75) is 19.5 Å². The molecule has 1 unspecified atom stereocenters. The highest BCUT2D eigenvalue weighted by atomic mass is 19.1. The van der Waals surface area contributed by atoms with Crippen LogP contribution in [0.25, 0.3) is 0 Å². The standard InChI is InChI=1S/C12H15FN2O3/c1-8(17)15-11(7-16)12(18)14-6-9-2-4-10(13)5-3-9/h2-5,11,16H,6-7H2,1H3,(H,14,18)(H,15,17). The van der Waals surface area contributed by atoms with Gasteiger partial charge in [-0.3, -0.25) is 9.59 Å². The third-order valence-electron chi connectivity index (χ3n) is 2.26. The monoisotopic (exact) mass is 254 g/mol. The van der Waals surface area contributed by atoms with Crippen molar-refractivity contribution in [3.63, 3.8) is 0 Å². The highest BCUT2D eigenvalue weighted by molar-refractivity contribution is 5.86. The van der Waals surface area contributed by atoms with Gasteiger partial charge in [-0.2, -0.15) is 0 Å². The van der Waals surface area contributed by atoms with E-state index in [9.17, 15) is 14.0 Å². The molecule has 98 valence electrons. The van der Waals surface area contributed by atoms with Crippen LogP contribution in [0.1, 0.15) is 12.5 Å². The topological polar surface area (TPSA) is 78.4 Å². The van der Waals surface area contributed by atoms with Crippen LogP contribution in [0.15, 0.2) is 24.3 Å². The van der Waals surface area contributed by atoms with E-state index < -0.39 is 24.5 Å². The van der Waals surface area contributed by atoms with Gasteiger partial charge >= 0.3 is 0 Å². The second kappa shape index (κ2) is 6.70. The van der Waals surface area contributed by atoms with E-state index in [4.69, 9.17) is 5.11 Å². The molecule has 2 amide bonds. The summed E-state index contributed by atoms with van der Waals surface area (Å²) >= 11 is 0. The van der Waals surface area contributed by atoms with Crippen molar-refractivity contribution in [1.82, 2.24) is 10.6 Å². The van der Waals surface area contributed by atoms with Crippen LogP contribution >= 0.6 is 0 Å². The van der Waals surface area contributed by atoms with E-state index in [1.807, 2.05) is 0 Å². The number of nitrogens with one attached hydrogen (secondary N) is 2. The Morgan fingerprint density at radius 3 is 2.44 bits per heavy atom. The SMILES string of the molecule is CC(=O)NC(CO)C(=O)NCc1ccc(F)cc1. The van der Waals surface area contributed by atoms with E-state index in [1.165, 1.54) is 19.1 Å². The number of halogens is 1. The summed E-state index contributed by atoms with van der Waals surface area (Å²) in [5.74, 6) is -1.24. The van der Waals surface area contributed by atoms with Crippen molar-refractivity contribution >= 4 is 11.8 Å². The lowest BCUT2D eigenvalue weighted by Gasteiger charge is -2.14. The molecular weight excluding hydrogens is 239 g/mol.